The van der Waals surface area contributed by atoms with E-state index in [1.54, 1.807) is 28.9 Å². The van der Waals surface area contributed by atoms with E-state index in [2.05, 4.69) is 10.2 Å². The van der Waals surface area contributed by atoms with E-state index in [1.165, 1.54) is 11.3 Å². The lowest BCUT2D eigenvalue weighted by Crippen LogP contribution is -2.23. The lowest BCUT2D eigenvalue weighted by Gasteiger charge is -1.97. The Labute approximate surface area is 129 Å². The van der Waals surface area contributed by atoms with Gasteiger partial charge in [-0.25, -0.2) is 4.40 Å². The number of aromatic nitrogens is 3. The van der Waals surface area contributed by atoms with Crippen molar-refractivity contribution in [2.75, 3.05) is 0 Å². The molecule has 4 aromatic rings. The second-order valence-electron chi connectivity index (χ2n) is 4.94. The molecule has 0 aliphatic heterocycles. The van der Waals surface area contributed by atoms with Gasteiger partial charge in [-0.15, -0.1) is 10.2 Å². The van der Waals surface area contributed by atoms with Crippen LogP contribution in [-0.4, -0.2) is 14.6 Å². The highest BCUT2D eigenvalue weighted by Gasteiger charge is 2.14. The Bertz CT molecular complexity index is 1040. The average molecular weight is 309 g/mol. The first kappa shape index (κ1) is 13.0. The molecule has 0 fully saturated rings. The van der Waals surface area contributed by atoms with Crippen molar-refractivity contribution < 1.29 is 4.42 Å². The highest BCUT2D eigenvalue weighted by atomic mass is 32.1. The molecule has 0 aliphatic rings. The van der Waals surface area contributed by atoms with E-state index in [9.17, 15) is 4.79 Å². The Kier molecular flexibility index (Phi) is 2.90. The van der Waals surface area contributed by atoms with Crippen LogP contribution in [0.5, 0.6) is 0 Å². The van der Waals surface area contributed by atoms with Crippen LogP contribution in [0.25, 0.3) is 22.4 Å². The van der Waals surface area contributed by atoms with Gasteiger partial charge >= 0.3 is 0 Å². The number of nitrogens with zero attached hydrogens (tertiary/aromatic N) is 3. The summed E-state index contributed by atoms with van der Waals surface area (Å²) in [6.07, 6.45) is 3.30. The minimum absolute atomic E-state index is 0.128. The number of fused-ring (bicyclic) bond motifs is 1. The molecule has 0 N–H and O–H groups in total. The van der Waals surface area contributed by atoms with Crippen LogP contribution in [-0.2, 0) is 0 Å². The summed E-state index contributed by atoms with van der Waals surface area (Å²) in [7, 11) is 0. The zero-order valence-corrected chi connectivity index (χ0v) is 12.5. The molecule has 22 heavy (non-hydrogen) atoms. The fourth-order valence-electron chi connectivity index (χ4n) is 2.25. The average Bonchev–Trinajstić information content (AvgIpc) is 3.21. The number of benzene rings is 1. The molecule has 3 heterocycles. The highest BCUT2D eigenvalue weighted by molar-refractivity contribution is 7.15. The molecule has 4 rings (SSSR count). The lowest BCUT2D eigenvalue weighted by atomic mass is 10.1. The van der Waals surface area contributed by atoms with Crippen LogP contribution in [0.15, 0.2) is 51.9 Å². The van der Waals surface area contributed by atoms with Crippen LogP contribution in [0, 0.1) is 6.92 Å². The first-order valence-electron chi connectivity index (χ1n) is 6.72. The SMILES string of the molecule is Cc1ccc(-c2nnc3s/c(=C\c4ccco4)c(=O)n23)cc1. The summed E-state index contributed by atoms with van der Waals surface area (Å²) in [5.74, 6) is 1.21. The van der Waals surface area contributed by atoms with Crippen LogP contribution in [0.1, 0.15) is 11.3 Å². The summed E-state index contributed by atoms with van der Waals surface area (Å²) >= 11 is 1.30. The van der Waals surface area contributed by atoms with Crippen LogP contribution < -0.4 is 10.1 Å². The summed E-state index contributed by atoms with van der Waals surface area (Å²) in [5, 5.41) is 8.25. The maximum Gasteiger partial charge on any atom is 0.276 e. The summed E-state index contributed by atoms with van der Waals surface area (Å²) in [6.45, 7) is 2.02. The van der Waals surface area contributed by atoms with Gasteiger partial charge in [0.05, 0.1) is 6.26 Å². The van der Waals surface area contributed by atoms with Crippen LogP contribution >= 0.6 is 11.3 Å². The van der Waals surface area contributed by atoms with E-state index < -0.39 is 0 Å². The Morgan fingerprint density at radius 1 is 1.18 bits per heavy atom. The molecule has 108 valence electrons. The largest absolute Gasteiger partial charge is 0.465 e. The quantitative estimate of drug-likeness (QED) is 0.570. The van der Waals surface area contributed by atoms with Gasteiger partial charge < -0.3 is 4.42 Å². The first-order valence-corrected chi connectivity index (χ1v) is 7.54. The number of furan rings is 1. The van der Waals surface area contributed by atoms with Crippen molar-refractivity contribution in [3.63, 3.8) is 0 Å². The fraction of sp³-hybridized carbons (Fsp3) is 0.0625. The predicted molar refractivity (Wildman–Crippen MR) is 84.8 cm³/mol. The standard InChI is InChI=1S/C16H11N3O2S/c1-10-4-6-11(7-5-10)14-17-18-16-19(14)15(20)13(22-16)9-12-3-2-8-21-12/h2-9H,1H3/b13-9-. The van der Waals surface area contributed by atoms with Crippen molar-refractivity contribution >= 4 is 22.4 Å². The molecule has 0 unspecified atom stereocenters. The molecule has 0 saturated heterocycles. The summed E-state index contributed by atoms with van der Waals surface area (Å²) in [4.78, 5) is 13.2. The molecule has 0 bridgehead atoms. The second-order valence-corrected chi connectivity index (χ2v) is 5.95. The second kappa shape index (κ2) is 4.92. The molecule has 0 amide bonds. The zero-order chi connectivity index (χ0) is 15.1. The van der Waals surface area contributed by atoms with Crippen LogP contribution in [0.2, 0.25) is 0 Å². The molecule has 0 saturated carbocycles. The van der Waals surface area contributed by atoms with Gasteiger partial charge in [-0.1, -0.05) is 41.2 Å². The van der Waals surface area contributed by atoms with Gasteiger partial charge in [0, 0.05) is 11.6 Å². The molecule has 0 spiro atoms. The Morgan fingerprint density at radius 3 is 2.73 bits per heavy atom. The van der Waals surface area contributed by atoms with Crippen molar-refractivity contribution in [3.8, 4) is 11.4 Å². The predicted octanol–water partition coefficient (Wildman–Crippen LogP) is 2.27. The molecule has 6 heteroatoms. The van der Waals surface area contributed by atoms with Gasteiger partial charge in [0.25, 0.3) is 5.56 Å². The Hall–Kier alpha value is -2.73. The van der Waals surface area contributed by atoms with E-state index in [-0.39, 0.29) is 5.56 Å². The number of rotatable bonds is 2. The Morgan fingerprint density at radius 2 is 2.00 bits per heavy atom. The van der Waals surface area contributed by atoms with Gasteiger partial charge in [-0.3, -0.25) is 4.79 Å². The van der Waals surface area contributed by atoms with Crippen molar-refractivity contribution in [1.82, 2.24) is 14.6 Å². The van der Waals surface area contributed by atoms with Gasteiger partial charge in [0.15, 0.2) is 5.82 Å². The van der Waals surface area contributed by atoms with Gasteiger partial charge in [-0.05, 0) is 19.1 Å². The minimum Gasteiger partial charge on any atom is -0.465 e. The van der Waals surface area contributed by atoms with Crippen LogP contribution in [0.3, 0.4) is 0 Å². The summed E-state index contributed by atoms with van der Waals surface area (Å²) in [6, 6.07) is 11.5. The third-order valence-corrected chi connectivity index (χ3v) is 4.33. The number of aryl methyl sites for hydroxylation is 1. The van der Waals surface area contributed by atoms with E-state index >= 15 is 0 Å². The molecule has 0 atom stereocenters. The third-order valence-electron chi connectivity index (χ3n) is 3.37. The zero-order valence-electron chi connectivity index (χ0n) is 11.7. The first-order chi connectivity index (χ1) is 10.7. The Balaban J connectivity index is 1.94. The smallest absolute Gasteiger partial charge is 0.276 e. The van der Waals surface area contributed by atoms with Crippen LogP contribution in [0.4, 0.5) is 0 Å². The van der Waals surface area contributed by atoms with Crippen molar-refractivity contribution in [2.24, 2.45) is 0 Å². The van der Waals surface area contributed by atoms with Crippen molar-refractivity contribution in [2.45, 2.75) is 6.92 Å². The number of thiazole rings is 1. The topological polar surface area (TPSA) is 60.4 Å². The fourth-order valence-corrected chi connectivity index (χ4v) is 3.15. The normalized spacial score (nSPS) is 12.3. The highest BCUT2D eigenvalue weighted by Crippen LogP contribution is 2.18. The minimum atomic E-state index is -0.128. The number of hydrogen-bond donors (Lipinski definition) is 0. The maximum atomic E-state index is 12.6. The van der Waals surface area contributed by atoms with Gasteiger partial charge in [0.2, 0.25) is 4.96 Å². The van der Waals surface area contributed by atoms with Crippen molar-refractivity contribution in [3.05, 3.63) is 68.9 Å². The molecular formula is C16H11N3O2S. The molecular weight excluding hydrogens is 298 g/mol. The molecule has 0 aliphatic carbocycles. The molecule has 0 radical (unpaired) electrons. The third kappa shape index (κ3) is 2.05. The molecule has 3 aromatic heterocycles. The number of hydrogen-bond acceptors (Lipinski definition) is 5. The van der Waals surface area contributed by atoms with E-state index in [4.69, 9.17) is 4.42 Å². The maximum absolute atomic E-state index is 12.6. The van der Waals surface area contributed by atoms with Gasteiger partial charge in [-0.2, -0.15) is 0 Å². The van der Waals surface area contributed by atoms with Gasteiger partial charge in [0.1, 0.15) is 10.3 Å². The van der Waals surface area contributed by atoms with E-state index in [0.717, 1.165) is 11.1 Å². The monoisotopic (exact) mass is 309 g/mol. The summed E-state index contributed by atoms with van der Waals surface area (Å²) < 4.78 is 7.38. The lowest BCUT2D eigenvalue weighted by molar-refractivity contribution is 0.556. The molecule has 1 aromatic carbocycles. The van der Waals surface area contributed by atoms with E-state index in [0.29, 0.717) is 21.1 Å². The summed E-state index contributed by atoms with van der Waals surface area (Å²) in [5.41, 5.74) is 1.90. The van der Waals surface area contributed by atoms with E-state index in [1.807, 2.05) is 31.2 Å². The van der Waals surface area contributed by atoms with Crippen molar-refractivity contribution in [1.29, 1.82) is 0 Å². The molecule has 5 nitrogen and oxygen atoms in total.